The van der Waals surface area contributed by atoms with Gasteiger partial charge in [-0.05, 0) is 53.5 Å². The van der Waals surface area contributed by atoms with Crippen molar-refractivity contribution in [3.05, 3.63) is 35.2 Å². The van der Waals surface area contributed by atoms with Crippen molar-refractivity contribution in [2.24, 2.45) is 17.6 Å². The Labute approximate surface area is 126 Å². The highest BCUT2D eigenvalue weighted by atomic mass is 32.1. The summed E-state index contributed by atoms with van der Waals surface area (Å²) in [6, 6.07) is 8.84. The Morgan fingerprint density at radius 3 is 3.00 bits per heavy atom. The SMILES string of the molecule is CC(C)CC1CCCC(N)(c2cccc3ccsc23)C1. The summed E-state index contributed by atoms with van der Waals surface area (Å²) in [4.78, 5) is 0. The average Bonchev–Trinajstić information content (AvgIpc) is 2.85. The van der Waals surface area contributed by atoms with Crippen molar-refractivity contribution in [1.29, 1.82) is 0 Å². The maximum absolute atomic E-state index is 6.88. The molecule has 2 aromatic rings. The van der Waals surface area contributed by atoms with Crippen LogP contribution in [0.4, 0.5) is 0 Å². The van der Waals surface area contributed by atoms with Gasteiger partial charge in [0.2, 0.25) is 0 Å². The lowest BCUT2D eigenvalue weighted by Crippen LogP contribution is -2.41. The van der Waals surface area contributed by atoms with Gasteiger partial charge < -0.3 is 5.73 Å². The molecule has 0 radical (unpaired) electrons. The number of thiophene rings is 1. The fourth-order valence-electron chi connectivity index (χ4n) is 3.92. The summed E-state index contributed by atoms with van der Waals surface area (Å²) in [7, 11) is 0. The molecule has 108 valence electrons. The Bertz CT molecular complexity index is 586. The van der Waals surface area contributed by atoms with Crippen LogP contribution in [0, 0.1) is 11.8 Å². The molecule has 1 aliphatic carbocycles. The van der Waals surface area contributed by atoms with E-state index in [4.69, 9.17) is 5.73 Å². The van der Waals surface area contributed by atoms with Gasteiger partial charge in [0.15, 0.2) is 0 Å². The van der Waals surface area contributed by atoms with E-state index in [0.717, 1.165) is 24.7 Å². The van der Waals surface area contributed by atoms with Crippen LogP contribution in [0.25, 0.3) is 10.1 Å². The maximum Gasteiger partial charge on any atom is 0.0426 e. The summed E-state index contributed by atoms with van der Waals surface area (Å²) in [5.74, 6) is 1.57. The summed E-state index contributed by atoms with van der Waals surface area (Å²) in [5.41, 5.74) is 8.16. The van der Waals surface area contributed by atoms with E-state index in [1.807, 2.05) is 11.3 Å². The maximum atomic E-state index is 6.88. The van der Waals surface area contributed by atoms with Crippen LogP contribution in [0.5, 0.6) is 0 Å². The molecule has 0 saturated heterocycles. The highest BCUT2D eigenvalue weighted by Crippen LogP contribution is 2.43. The van der Waals surface area contributed by atoms with E-state index < -0.39 is 0 Å². The molecule has 0 amide bonds. The molecular weight excluding hydrogens is 262 g/mol. The normalized spacial score (nSPS) is 27.3. The molecule has 2 heteroatoms. The van der Waals surface area contributed by atoms with E-state index in [1.165, 1.54) is 34.9 Å². The van der Waals surface area contributed by atoms with Gasteiger partial charge in [0.05, 0.1) is 0 Å². The van der Waals surface area contributed by atoms with Crippen LogP contribution >= 0.6 is 11.3 Å². The predicted octanol–water partition coefficient (Wildman–Crippen LogP) is 5.29. The minimum absolute atomic E-state index is 0.109. The third kappa shape index (κ3) is 2.64. The molecule has 1 aromatic heterocycles. The number of benzene rings is 1. The molecule has 3 rings (SSSR count). The van der Waals surface area contributed by atoms with Crippen molar-refractivity contribution in [2.45, 2.75) is 51.5 Å². The minimum atomic E-state index is -0.109. The molecule has 0 spiro atoms. The molecule has 1 saturated carbocycles. The third-order valence-electron chi connectivity index (χ3n) is 4.71. The van der Waals surface area contributed by atoms with Gasteiger partial charge in [-0.2, -0.15) is 0 Å². The predicted molar refractivity (Wildman–Crippen MR) is 89.1 cm³/mol. The lowest BCUT2D eigenvalue weighted by atomic mass is 9.70. The molecule has 2 atom stereocenters. The van der Waals surface area contributed by atoms with Gasteiger partial charge >= 0.3 is 0 Å². The smallest absolute Gasteiger partial charge is 0.0426 e. The van der Waals surface area contributed by atoms with Crippen LogP contribution in [0.15, 0.2) is 29.6 Å². The number of rotatable bonds is 3. The first-order chi connectivity index (χ1) is 9.58. The highest BCUT2D eigenvalue weighted by Gasteiger charge is 2.35. The molecule has 1 heterocycles. The molecule has 1 nitrogen and oxygen atoms in total. The van der Waals surface area contributed by atoms with Crippen LogP contribution in [0.3, 0.4) is 0 Å². The fraction of sp³-hybridized carbons (Fsp3) is 0.556. The van der Waals surface area contributed by atoms with Crippen molar-refractivity contribution in [3.8, 4) is 0 Å². The molecule has 0 bridgehead atoms. The first-order valence-corrected chi connectivity index (χ1v) is 8.72. The fourth-order valence-corrected chi connectivity index (χ4v) is 4.94. The van der Waals surface area contributed by atoms with Gasteiger partial charge in [0.25, 0.3) is 0 Å². The molecule has 0 aliphatic heterocycles. The van der Waals surface area contributed by atoms with E-state index in [0.29, 0.717) is 0 Å². The van der Waals surface area contributed by atoms with Crippen LogP contribution < -0.4 is 5.73 Å². The summed E-state index contributed by atoms with van der Waals surface area (Å²) < 4.78 is 1.40. The van der Waals surface area contributed by atoms with E-state index in [-0.39, 0.29) is 5.54 Å². The molecule has 1 fully saturated rings. The largest absolute Gasteiger partial charge is 0.321 e. The molecule has 2 unspecified atom stereocenters. The Morgan fingerprint density at radius 1 is 1.35 bits per heavy atom. The second kappa shape index (κ2) is 5.50. The zero-order valence-corrected chi connectivity index (χ0v) is 13.4. The Balaban J connectivity index is 1.93. The van der Waals surface area contributed by atoms with Crippen molar-refractivity contribution >= 4 is 21.4 Å². The summed E-state index contributed by atoms with van der Waals surface area (Å²) in [6.45, 7) is 4.65. The van der Waals surface area contributed by atoms with Crippen molar-refractivity contribution in [3.63, 3.8) is 0 Å². The Morgan fingerprint density at radius 2 is 2.20 bits per heavy atom. The number of fused-ring (bicyclic) bond motifs is 1. The summed E-state index contributed by atoms with van der Waals surface area (Å²) >= 11 is 1.84. The Hall–Kier alpha value is -0.860. The van der Waals surface area contributed by atoms with Crippen LogP contribution in [0.1, 0.15) is 51.5 Å². The van der Waals surface area contributed by atoms with E-state index in [9.17, 15) is 0 Å². The van der Waals surface area contributed by atoms with E-state index in [1.54, 1.807) is 0 Å². The molecule has 20 heavy (non-hydrogen) atoms. The quantitative estimate of drug-likeness (QED) is 0.815. The van der Waals surface area contributed by atoms with Crippen molar-refractivity contribution in [1.82, 2.24) is 0 Å². The number of hydrogen-bond donors (Lipinski definition) is 1. The van der Waals surface area contributed by atoms with Gasteiger partial charge in [-0.25, -0.2) is 0 Å². The van der Waals surface area contributed by atoms with Crippen LogP contribution in [0.2, 0.25) is 0 Å². The van der Waals surface area contributed by atoms with Crippen molar-refractivity contribution in [2.75, 3.05) is 0 Å². The zero-order chi connectivity index (χ0) is 14.2. The van der Waals surface area contributed by atoms with E-state index in [2.05, 4.69) is 43.5 Å². The van der Waals surface area contributed by atoms with Crippen LogP contribution in [-0.4, -0.2) is 0 Å². The number of nitrogens with two attached hydrogens (primary N) is 1. The summed E-state index contributed by atoms with van der Waals surface area (Å²) in [6.07, 6.45) is 6.24. The first kappa shape index (κ1) is 14.1. The van der Waals surface area contributed by atoms with Gasteiger partial charge in [-0.15, -0.1) is 11.3 Å². The molecule has 1 aromatic carbocycles. The van der Waals surface area contributed by atoms with Gasteiger partial charge in [0.1, 0.15) is 0 Å². The van der Waals surface area contributed by atoms with Gasteiger partial charge in [0, 0.05) is 10.2 Å². The van der Waals surface area contributed by atoms with Gasteiger partial charge in [-0.1, -0.05) is 44.9 Å². The van der Waals surface area contributed by atoms with Gasteiger partial charge in [-0.3, -0.25) is 0 Å². The van der Waals surface area contributed by atoms with Crippen LogP contribution in [-0.2, 0) is 5.54 Å². The third-order valence-corrected chi connectivity index (χ3v) is 5.67. The highest BCUT2D eigenvalue weighted by molar-refractivity contribution is 7.17. The average molecular weight is 287 g/mol. The van der Waals surface area contributed by atoms with E-state index >= 15 is 0 Å². The molecule has 2 N–H and O–H groups in total. The lowest BCUT2D eigenvalue weighted by Gasteiger charge is -2.39. The summed E-state index contributed by atoms with van der Waals surface area (Å²) in [5, 5.41) is 3.54. The number of hydrogen-bond acceptors (Lipinski definition) is 2. The lowest BCUT2D eigenvalue weighted by molar-refractivity contribution is 0.204. The second-order valence-corrected chi connectivity index (χ2v) is 7.81. The first-order valence-electron chi connectivity index (χ1n) is 7.84. The topological polar surface area (TPSA) is 26.0 Å². The monoisotopic (exact) mass is 287 g/mol. The second-order valence-electron chi connectivity index (χ2n) is 6.89. The molecule has 1 aliphatic rings. The molecular formula is C18H25NS. The van der Waals surface area contributed by atoms with Crippen molar-refractivity contribution < 1.29 is 0 Å². The zero-order valence-electron chi connectivity index (χ0n) is 12.6. The standard InChI is InChI=1S/C18H25NS/c1-13(2)11-14-5-4-9-18(19,12-14)16-7-3-6-15-8-10-20-17(15)16/h3,6-8,10,13-14H,4-5,9,11-12,19H2,1-2H3. The Kier molecular flexibility index (Phi) is 3.87. The minimum Gasteiger partial charge on any atom is -0.321 e.